The Morgan fingerprint density at radius 1 is 1.32 bits per heavy atom. The molecule has 1 aliphatic rings. The van der Waals surface area contributed by atoms with Crippen molar-refractivity contribution in [3.05, 3.63) is 35.6 Å². The Hall–Kier alpha value is -1.04. The van der Waals surface area contributed by atoms with Crippen LogP contribution in [0.1, 0.15) is 25.5 Å². The van der Waals surface area contributed by atoms with E-state index in [-0.39, 0.29) is 24.1 Å². The molecule has 0 aliphatic carbocycles. The molecule has 0 radical (unpaired) electrons. The highest BCUT2D eigenvalue weighted by Crippen LogP contribution is 2.25. The molecule has 3 nitrogen and oxygen atoms in total. The van der Waals surface area contributed by atoms with E-state index in [2.05, 4.69) is 4.90 Å². The van der Waals surface area contributed by atoms with Crippen LogP contribution in [-0.4, -0.2) is 35.2 Å². The first-order chi connectivity index (χ1) is 8.97. The lowest BCUT2D eigenvalue weighted by Gasteiger charge is -2.40. The Labute approximate surface area is 118 Å². The molecule has 1 fully saturated rings. The lowest BCUT2D eigenvalue weighted by atomic mass is 10.0. The third kappa shape index (κ3) is 3.49. The van der Waals surface area contributed by atoms with Gasteiger partial charge >= 0.3 is 0 Å². The number of hydrogen-bond donors (Lipinski definition) is 1. The highest BCUT2D eigenvalue weighted by Gasteiger charge is 2.30. The number of thiocarbonyl (C=S) groups is 1. The molecule has 0 aromatic heterocycles. The molecule has 1 heterocycles. The second-order valence-corrected chi connectivity index (χ2v) is 5.54. The standard InChI is InChI=1S/C14H19FN2OS/c1-9-7-17(8-10(2)18-9)13(14(16)19)11-3-5-12(15)6-4-11/h3-6,9-10,13H,7-8H2,1-2H3,(H2,16,19). The number of benzene rings is 1. The summed E-state index contributed by atoms with van der Waals surface area (Å²) >= 11 is 5.19. The van der Waals surface area contributed by atoms with Crippen molar-refractivity contribution in [3.63, 3.8) is 0 Å². The van der Waals surface area contributed by atoms with E-state index in [1.807, 2.05) is 13.8 Å². The van der Waals surface area contributed by atoms with Crippen LogP contribution in [0.4, 0.5) is 4.39 Å². The molecule has 5 heteroatoms. The molecule has 0 saturated carbocycles. The third-order valence-electron chi connectivity index (χ3n) is 3.27. The molecule has 3 atom stereocenters. The summed E-state index contributed by atoms with van der Waals surface area (Å²) in [4.78, 5) is 2.61. The second-order valence-electron chi connectivity index (χ2n) is 5.07. The topological polar surface area (TPSA) is 38.5 Å². The highest BCUT2D eigenvalue weighted by atomic mass is 32.1. The lowest BCUT2D eigenvalue weighted by Crippen LogP contribution is -2.49. The summed E-state index contributed by atoms with van der Waals surface area (Å²) in [5, 5.41) is 0. The van der Waals surface area contributed by atoms with Crippen molar-refractivity contribution in [2.24, 2.45) is 5.73 Å². The third-order valence-corrected chi connectivity index (χ3v) is 3.49. The van der Waals surface area contributed by atoms with Gasteiger partial charge in [-0.1, -0.05) is 24.4 Å². The highest BCUT2D eigenvalue weighted by molar-refractivity contribution is 7.80. The molecule has 3 unspecified atom stereocenters. The quantitative estimate of drug-likeness (QED) is 0.863. The maximum atomic E-state index is 13.0. The largest absolute Gasteiger partial charge is 0.392 e. The van der Waals surface area contributed by atoms with E-state index >= 15 is 0 Å². The van der Waals surface area contributed by atoms with Gasteiger partial charge in [-0.3, -0.25) is 4.90 Å². The molecule has 1 aromatic rings. The van der Waals surface area contributed by atoms with Crippen LogP contribution in [0.25, 0.3) is 0 Å². The van der Waals surface area contributed by atoms with Crippen LogP contribution in [-0.2, 0) is 4.74 Å². The van der Waals surface area contributed by atoms with Crippen molar-refractivity contribution in [3.8, 4) is 0 Å². The van der Waals surface area contributed by atoms with Crippen molar-refractivity contribution >= 4 is 17.2 Å². The monoisotopic (exact) mass is 282 g/mol. The number of halogens is 1. The number of ether oxygens (including phenoxy) is 1. The van der Waals surface area contributed by atoms with Crippen LogP contribution >= 0.6 is 12.2 Å². The van der Waals surface area contributed by atoms with Gasteiger partial charge in [0.25, 0.3) is 0 Å². The zero-order valence-electron chi connectivity index (χ0n) is 11.2. The van der Waals surface area contributed by atoms with Gasteiger partial charge < -0.3 is 10.5 Å². The normalized spacial score (nSPS) is 26.1. The van der Waals surface area contributed by atoms with Crippen molar-refractivity contribution < 1.29 is 9.13 Å². The Bertz CT molecular complexity index is 441. The molecule has 0 spiro atoms. The summed E-state index contributed by atoms with van der Waals surface area (Å²) < 4.78 is 18.7. The van der Waals surface area contributed by atoms with E-state index in [1.165, 1.54) is 12.1 Å². The van der Waals surface area contributed by atoms with Crippen LogP contribution < -0.4 is 5.73 Å². The minimum absolute atomic E-state index is 0.140. The Kier molecular flexibility index (Phi) is 4.50. The van der Waals surface area contributed by atoms with E-state index in [0.717, 1.165) is 18.7 Å². The fourth-order valence-corrected chi connectivity index (χ4v) is 2.91. The van der Waals surface area contributed by atoms with Gasteiger partial charge in [-0.2, -0.15) is 0 Å². The summed E-state index contributed by atoms with van der Waals surface area (Å²) in [5.41, 5.74) is 6.81. The molecule has 0 amide bonds. The van der Waals surface area contributed by atoms with Gasteiger partial charge in [-0.05, 0) is 31.5 Å². The van der Waals surface area contributed by atoms with Crippen molar-refractivity contribution in [1.29, 1.82) is 0 Å². The molecule has 1 aliphatic heterocycles. The minimum Gasteiger partial charge on any atom is -0.392 e. The number of morpholine rings is 1. The zero-order chi connectivity index (χ0) is 14.0. The fraction of sp³-hybridized carbons (Fsp3) is 0.500. The van der Waals surface area contributed by atoms with Crippen molar-refractivity contribution in [2.45, 2.75) is 32.1 Å². The number of hydrogen-bond acceptors (Lipinski definition) is 3. The predicted octanol–water partition coefficient (Wildman–Crippen LogP) is 2.26. The summed E-state index contributed by atoms with van der Waals surface area (Å²) in [6.45, 7) is 5.60. The van der Waals surface area contributed by atoms with Crippen LogP contribution in [0.5, 0.6) is 0 Å². The molecule has 1 saturated heterocycles. The molecule has 2 rings (SSSR count). The lowest BCUT2D eigenvalue weighted by molar-refractivity contribution is -0.0736. The number of nitrogens with zero attached hydrogens (tertiary/aromatic N) is 1. The van der Waals surface area contributed by atoms with E-state index < -0.39 is 0 Å². The Morgan fingerprint density at radius 3 is 2.32 bits per heavy atom. The molecule has 2 N–H and O–H groups in total. The maximum Gasteiger partial charge on any atom is 0.123 e. The Balaban J connectivity index is 2.24. The summed E-state index contributed by atoms with van der Waals surface area (Å²) in [5.74, 6) is -0.255. The summed E-state index contributed by atoms with van der Waals surface area (Å²) in [6, 6.07) is 6.19. The van der Waals surface area contributed by atoms with Crippen LogP contribution in [0.2, 0.25) is 0 Å². The summed E-state index contributed by atoms with van der Waals surface area (Å²) in [6.07, 6.45) is 0.280. The van der Waals surface area contributed by atoms with Gasteiger partial charge in [0.15, 0.2) is 0 Å². The maximum absolute atomic E-state index is 13.0. The summed E-state index contributed by atoms with van der Waals surface area (Å²) in [7, 11) is 0. The first-order valence-corrected chi connectivity index (χ1v) is 6.82. The van der Waals surface area contributed by atoms with Gasteiger partial charge in [0.1, 0.15) is 5.82 Å². The van der Waals surface area contributed by atoms with Crippen LogP contribution in [0.15, 0.2) is 24.3 Å². The van der Waals surface area contributed by atoms with Gasteiger partial charge in [-0.15, -0.1) is 0 Å². The van der Waals surface area contributed by atoms with E-state index in [4.69, 9.17) is 22.7 Å². The second kappa shape index (κ2) is 5.94. The van der Waals surface area contributed by atoms with Crippen molar-refractivity contribution in [2.75, 3.05) is 13.1 Å². The van der Waals surface area contributed by atoms with Gasteiger partial charge in [0.2, 0.25) is 0 Å². The Morgan fingerprint density at radius 2 is 1.84 bits per heavy atom. The van der Waals surface area contributed by atoms with E-state index in [9.17, 15) is 4.39 Å². The molecule has 19 heavy (non-hydrogen) atoms. The molecule has 104 valence electrons. The number of nitrogens with two attached hydrogens (primary N) is 1. The van der Waals surface area contributed by atoms with E-state index in [0.29, 0.717) is 4.99 Å². The number of rotatable bonds is 3. The molecular weight excluding hydrogens is 263 g/mol. The predicted molar refractivity (Wildman–Crippen MR) is 77.5 cm³/mol. The van der Waals surface area contributed by atoms with Gasteiger partial charge in [-0.25, -0.2) is 4.39 Å². The molecular formula is C14H19FN2OS. The smallest absolute Gasteiger partial charge is 0.123 e. The zero-order valence-corrected chi connectivity index (χ0v) is 12.0. The molecule has 0 bridgehead atoms. The van der Waals surface area contributed by atoms with Crippen LogP contribution in [0.3, 0.4) is 0 Å². The minimum atomic E-state index is -0.255. The average molecular weight is 282 g/mol. The average Bonchev–Trinajstić information content (AvgIpc) is 2.30. The van der Waals surface area contributed by atoms with Crippen molar-refractivity contribution in [1.82, 2.24) is 4.90 Å². The first kappa shape index (κ1) is 14.4. The van der Waals surface area contributed by atoms with Gasteiger partial charge in [0.05, 0.1) is 23.2 Å². The van der Waals surface area contributed by atoms with Crippen LogP contribution in [0, 0.1) is 5.82 Å². The SMILES string of the molecule is CC1CN(C(C(N)=S)c2ccc(F)cc2)CC(C)O1. The fourth-order valence-electron chi connectivity index (χ4n) is 2.63. The molecule has 1 aromatic carbocycles. The van der Waals surface area contributed by atoms with E-state index in [1.54, 1.807) is 12.1 Å². The van der Waals surface area contributed by atoms with Gasteiger partial charge in [0, 0.05) is 13.1 Å². The first-order valence-electron chi connectivity index (χ1n) is 6.41.